The van der Waals surface area contributed by atoms with E-state index in [1.807, 2.05) is 19.1 Å². The summed E-state index contributed by atoms with van der Waals surface area (Å²) in [5.41, 5.74) is 1.94. The van der Waals surface area contributed by atoms with Gasteiger partial charge in [-0.3, -0.25) is 4.79 Å². The monoisotopic (exact) mass is 258 g/mol. The van der Waals surface area contributed by atoms with Crippen molar-refractivity contribution in [1.82, 2.24) is 0 Å². The summed E-state index contributed by atoms with van der Waals surface area (Å²) >= 11 is 1.76. The smallest absolute Gasteiger partial charge is 0.190 e. The van der Waals surface area contributed by atoms with Gasteiger partial charge in [0, 0.05) is 32.2 Å². The Labute approximate surface area is 110 Å². The number of carbonyl (C=O) groups excluding carboxylic acids is 1. The van der Waals surface area contributed by atoms with Crippen molar-refractivity contribution in [3.8, 4) is 0 Å². The van der Waals surface area contributed by atoms with Crippen LogP contribution >= 0.6 is 11.3 Å². The van der Waals surface area contributed by atoms with E-state index in [0.29, 0.717) is 6.61 Å². The molecule has 1 aliphatic rings. The number of thiophene rings is 1. The van der Waals surface area contributed by atoms with Gasteiger partial charge in [-0.05, 0) is 19.4 Å². The van der Waals surface area contributed by atoms with Crippen LogP contribution in [0.2, 0.25) is 0 Å². The van der Waals surface area contributed by atoms with Crippen LogP contribution in [0.15, 0.2) is 24.3 Å². The number of hydrogen-bond donors (Lipinski definition) is 0. The Morgan fingerprint density at radius 2 is 2.11 bits per heavy atom. The number of carbonyl (C=O) groups is 1. The topological polar surface area (TPSA) is 26.3 Å². The number of ketones is 1. The fourth-order valence-electron chi connectivity index (χ4n) is 2.45. The molecule has 1 aromatic carbocycles. The Kier molecular flexibility index (Phi) is 2.71. The van der Waals surface area contributed by atoms with E-state index in [4.69, 9.17) is 4.74 Å². The van der Waals surface area contributed by atoms with Crippen molar-refractivity contribution in [2.45, 2.75) is 20.3 Å². The first kappa shape index (κ1) is 11.5. The minimum absolute atomic E-state index is 0.0528. The lowest BCUT2D eigenvalue weighted by molar-refractivity contribution is 0.104. The van der Waals surface area contributed by atoms with Crippen LogP contribution in [0.1, 0.15) is 34.6 Å². The lowest BCUT2D eigenvalue weighted by Gasteiger charge is -2.15. The molecule has 3 rings (SSSR count). The zero-order valence-electron chi connectivity index (χ0n) is 10.4. The molecule has 0 saturated carbocycles. The molecule has 18 heavy (non-hydrogen) atoms. The van der Waals surface area contributed by atoms with Gasteiger partial charge in [-0.25, -0.2) is 0 Å². The number of allylic oxidation sites excluding steroid dienone is 1. The minimum Gasteiger partial charge on any atom is -0.493 e. The van der Waals surface area contributed by atoms with E-state index in [0.717, 1.165) is 28.7 Å². The number of aryl methyl sites for hydroxylation is 1. The van der Waals surface area contributed by atoms with Gasteiger partial charge in [0.2, 0.25) is 0 Å². The van der Waals surface area contributed by atoms with Gasteiger partial charge in [-0.1, -0.05) is 19.1 Å². The third kappa shape index (κ3) is 1.51. The number of rotatable bonds is 3. The highest BCUT2D eigenvalue weighted by Crippen LogP contribution is 2.41. The Morgan fingerprint density at radius 1 is 1.28 bits per heavy atom. The van der Waals surface area contributed by atoms with Crippen LogP contribution in [-0.2, 0) is 11.2 Å². The molecule has 92 valence electrons. The lowest BCUT2D eigenvalue weighted by atomic mass is 9.94. The first-order valence-corrected chi connectivity index (χ1v) is 7.01. The Hall–Kier alpha value is -1.61. The van der Waals surface area contributed by atoms with Crippen molar-refractivity contribution >= 4 is 33.0 Å². The van der Waals surface area contributed by atoms with E-state index >= 15 is 0 Å². The summed E-state index contributed by atoms with van der Waals surface area (Å²) in [7, 11) is 0. The molecule has 0 atom stereocenters. The summed E-state index contributed by atoms with van der Waals surface area (Å²) in [6.07, 6.45) is 2.60. The van der Waals surface area contributed by atoms with E-state index in [-0.39, 0.29) is 5.78 Å². The highest BCUT2D eigenvalue weighted by Gasteiger charge is 2.25. The predicted octanol–water partition coefficient (Wildman–Crippen LogP) is 4.04. The molecule has 0 fully saturated rings. The Bertz CT molecular complexity index is 664. The van der Waals surface area contributed by atoms with Crippen molar-refractivity contribution in [2.75, 3.05) is 6.61 Å². The summed E-state index contributed by atoms with van der Waals surface area (Å²) in [6.45, 7) is 4.67. The van der Waals surface area contributed by atoms with Crippen molar-refractivity contribution in [3.63, 3.8) is 0 Å². The molecule has 0 amide bonds. The molecule has 2 nitrogen and oxygen atoms in total. The second kappa shape index (κ2) is 4.25. The SMILES string of the molecule is CCOC1=CC(=O)c2cccc3sc(CC)c1c23. The van der Waals surface area contributed by atoms with Gasteiger partial charge in [0.25, 0.3) is 0 Å². The molecular formula is C15H14O2S. The zero-order chi connectivity index (χ0) is 12.7. The average molecular weight is 258 g/mol. The van der Waals surface area contributed by atoms with Crippen molar-refractivity contribution in [3.05, 3.63) is 40.3 Å². The van der Waals surface area contributed by atoms with Gasteiger partial charge in [0.15, 0.2) is 5.78 Å². The molecule has 3 heteroatoms. The predicted molar refractivity (Wildman–Crippen MR) is 75.1 cm³/mol. The van der Waals surface area contributed by atoms with Crippen LogP contribution in [0.3, 0.4) is 0 Å². The summed E-state index contributed by atoms with van der Waals surface area (Å²) in [5.74, 6) is 0.793. The molecule has 0 aliphatic heterocycles. The first-order valence-electron chi connectivity index (χ1n) is 6.19. The minimum atomic E-state index is 0.0528. The second-order valence-corrected chi connectivity index (χ2v) is 5.38. The fourth-order valence-corrected chi connectivity index (χ4v) is 3.63. The highest BCUT2D eigenvalue weighted by atomic mass is 32.1. The van der Waals surface area contributed by atoms with Gasteiger partial charge < -0.3 is 4.74 Å². The van der Waals surface area contributed by atoms with E-state index in [2.05, 4.69) is 13.0 Å². The normalized spacial score (nSPS) is 13.9. The Morgan fingerprint density at radius 3 is 2.83 bits per heavy atom. The molecule has 0 radical (unpaired) electrons. The number of ether oxygens (including phenoxy) is 1. The van der Waals surface area contributed by atoms with E-state index in [1.54, 1.807) is 17.4 Å². The second-order valence-electron chi connectivity index (χ2n) is 4.24. The van der Waals surface area contributed by atoms with Crippen LogP contribution in [0.25, 0.3) is 15.8 Å². The maximum atomic E-state index is 12.1. The van der Waals surface area contributed by atoms with E-state index in [9.17, 15) is 4.79 Å². The molecule has 1 aliphatic carbocycles. The van der Waals surface area contributed by atoms with Crippen LogP contribution in [0, 0.1) is 0 Å². The summed E-state index contributed by atoms with van der Waals surface area (Å²) in [6, 6.07) is 5.93. The van der Waals surface area contributed by atoms with E-state index in [1.165, 1.54) is 9.58 Å². The number of benzene rings is 1. The summed E-state index contributed by atoms with van der Waals surface area (Å²) < 4.78 is 6.83. The quantitative estimate of drug-likeness (QED) is 0.830. The third-order valence-electron chi connectivity index (χ3n) is 3.18. The highest BCUT2D eigenvalue weighted by molar-refractivity contribution is 7.19. The average Bonchev–Trinajstić information content (AvgIpc) is 2.75. The maximum absolute atomic E-state index is 12.1. The van der Waals surface area contributed by atoms with Crippen LogP contribution in [-0.4, -0.2) is 12.4 Å². The summed E-state index contributed by atoms with van der Waals surface area (Å²) in [5, 5.41) is 1.08. The lowest BCUT2D eigenvalue weighted by Crippen LogP contribution is -2.06. The first-order chi connectivity index (χ1) is 8.76. The molecule has 0 unspecified atom stereocenters. The van der Waals surface area contributed by atoms with Gasteiger partial charge in [-0.2, -0.15) is 0 Å². The molecule has 0 spiro atoms. The molecule has 2 aromatic rings. The molecule has 0 bridgehead atoms. The van der Waals surface area contributed by atoms with E-state index < -0.39 is 0 Å². The van der Waals surface area contributed by atoms with Crippen molar-refractivity contribution in [2.24, 2.45) is 0 Å². The standard InChI is InChI=1S/C15H14O2S/c1-3-12-15-11(17-4-2)8-10(16)9-6-5-7-13(18-12)14(9)15/h5-8H,3-4H2,1-2H3. The zero-order valence-corrected chi connectivity index (χ0v) is 11.3. The maximum Gasteiger partial charge on any atom is 0.190 e. The van der Waals surface area contributed by atoms with Crippen LogP contribution in [0.5, 0.6) is 0 Å². The van der Waals surface area contributed by atoms with Crippen molar-refractivity contribution in [1.29, 1.82) is 0 Å². The van der Waals surface area contributed by atoms with Crippen LogP contribution in [0.4, 0.5) is 0 Å². The molecular weight excluding hydrogens is 244 g/mol. The summed E-state index contributed by atoms with van der Waals surface area (Å²) in [4.78, 5) is 13.4. The Balaban J connectivity index is 2.36. The number of hydrogen-bond acceptors (Lipinski definition) is 3. The van der Waals surface area contributed by atoms with Crippen molar-refractivity contribution < 1.29 is 9.53 Å². The largest absolute Gasteiger partial charge is 0.493 e. The molecule has 1 aromatic heterocycles. The fraction of sp³-hybridized carbons (Fsp3) is 0.267. The molecule has 0 saturated heterocycles. The van der Waals surface area contributed by atoms with Crippen LogP contribution < -0.4 is 0 Å². The van der Waals surface area contributed by atoms with Gasteiger partial charge in [0.05, 0.1) is 6.61 Å². The van der Waals surface area contributed by atoms with Gasteiger partial charge in [-0.15, -0.1) is 11.3 Å². The molecule has 1 heterocycles. The third-order valence-corrected chi connectivity index (χ3v) is 4.48. The van der Waals surface area contributed by atoms with Gasteiger partial charge in [0.1, 0.15) is 5.76 Å². The van der Waals surface area contributed by atoms with Gasteiger partial charge >= 0.3 is 0 Å². The molecule has 0 N–H and O–H groups in total.